The zero-order valence-electron chi connectivity index (χ0n) is 9.22. The van der Waals surface area contributed by atoms with Crippen LogP contribution in [0.15, 0.2) is 0 Å². The zero-order chi connectivity index (χ0) is 10.3. The predicted molar refractivity (Wildman–Crippen MR) is 58.1 cm³/mol. The van der Waals surface area contributed by atoms with Gasteiger partial charge in [-0.25, -0.2) is 0 Å². The number of aromatic nitrogens is 2. The van der Waals surface area contributed by atoms with Gasteiger partial charge in [-0.3, -0.25) is 5.10 Å². The van der Waals surface area contributed by atoms with Crippen LogP contribution in [0.1, 0.15) is 50.8 Å². The molecule has 3 nitrogen and oxygen atoms in total. The first-order valence-corrected chi connectivity index (χ1v) is 5.34. The van der Waals surface area contributed by atoms with Gasteiger partial charge in [0.25, 0.3) is 0 Å². The maximum atomic E-state index is 5.84. The highest BCUT2D eigenvalue weighted by Gasteiger charge is 2.38. The number of aromatic amines is 1. The van der Waals surface area contributed by atoms with Crippen LogP contribution in [0, 0.1) is 5.41 Å². The molecule has 1 heterocycles. The van der Waals surface area contributed by atoms with E-state index in [1.807, 2.05) is 0 Å². The third-order valence-corrected chi connectivity index (χ3v) is 3.20. The highest BCUT2D eigenvalue weighted by atomic mass is 15.2. The summed E-state index contributed by atoms with van der Waals surface area (Å²) in [6.45, 7) is 6.66. The Morgan fingerprint density at radius 3 is 2.64 bits per heavy atom. The van der Waals surface area contributed by atoms with E-state index in [-0.39, 0.29) is 0 Å². The van der Waals surface area contributed by atoms with Crippen molar-refractivity contribution in [2.24, 2.45) is 5.41 Å². The summed E-state index contributed by atoms with van der Waals surface area (Å²) in [6, 6.07) is 0. The van der Waals surface area contributed by atoms with Gasteiger partial charge >= 0.3 is 0 Å². The maximum absolute atomic E-state index is 5.84. The Morgan fingerprint density at radius 2 is 2.14 bits per heavy atom. The van der Waals surface area contributed by atoms with Gasteiger partial charge < -0.3 is 5.73 Å². The molecule has 1 aliphatic carbocycles. The topological polar surface area (TPSA) is 54.7 Å². The molecule has 0 atom stereocenters. The van der Waals surface area contributed by atoms with Crippen LogP contribution >= 0.6 is 0 Å². The number of nitrogens with one attached hydrogen (secondary N) is 1. The number of H-pyrrole nitrogens is 1. The molecule has 0 aliphatic heterocycles. The lowest BCUT2D eigenvalue weighted by Gasteiger charge is -2.10. The van der Waals surface area contributed by atoms with Gasteiger partial charge in [-0.2, -0.15) is 5.10 Å². The third kappa shape index (κ3) is 1.63. The second-order valence-electron chi connectivity index (χ2n) is 5.14. The van der Waals surface area contributed by atoms with Crippen molar-refractivity contribution in [3.05, 3.63) is 11.3 Å². The molecule has 1 fully saturated rings. The average Bonchev–Trinajstić information content (AvgIpc) is 2.67. The first kappa shape index (κ1) is 9.56. The van der Waals surface area contributed by atoms with Crippen molar-refractivity contribution in [2.45, 2.75) is 46.0 Å². The van der Waals surface area contributed by atoms with Gasteiger partial charge in [0.15, 0.2) is 0 Å². The molecule has 0 saturated heterocycles. The van der Waals surface area contributed by atoms with E-state index in [1.165, 1.54) is 24.1 Å². The van der Waals surface area contributed by atoms with E-state index in [4.69, 9.17) is 5.73 Å². The summed E-state index contributed by atoms with van der Waals surface area (Å²) in [5, 5.41) is 7.18. The van der Waals surface area contributed by atoms with Crippen molar-refractivity contribution in [1.29, 1.82) is 0 Å². The summed E-state index contributed by atoms with van der Waals surface area (Å²) < 4.78 is 0. The lowest BCUT2D eigenvalue weighted by molar-refractivity contribution is 0.555. The minimum atomic E-state index is 0.464. The van der Waals surface area contributed by atoms with Gasteiger partial charge in [0.1, 0.15) is 5.82 Å². The Bertz CT molecular complexity index is 334. The minimum Gasteiger partial charge on any atom is -0.382 e. The van der Waals surface area contributed by atoms with Crippen molar-refractivity contribution < 1.29 is 0 Å². The molecule has 1 aromatic rings. The normalized spacial score (nSPS) is 18.9. The fraction of sp³-hybridized carbons (Fsp3) is 0.727. The molecule has 0 amide bonds. The molecule has 3 heteroatoms. The SMILES string of the molecule is CC(C)c1c(N)n[nH]c1CC1(C)CC1. The highest BCUT2D eigenvalue weighted by molar-refractivity contribution is 5.44. The van der Waals surface area contributed by atoms with E-state index in [0.717, 1.165) is 6.42 Å². The molecular formula is C11H19N3. The molecule has 0 radical (unpaired) electrons. The van der Waals surface area contributed by atoms with Crippen molar-refractivity contribution in [3.63, 3.8) is 0 Å². The fourth-order valence-corrected chi connectivity index (χ4v) is 2.00. The number of nitrogen functional groups attached to an aromatic ring is 1. The maximum Gasteiger partial charge on any atom is 0.148 e. The molecule has 14 heavy (non-hydrogen) atoms. The molecular weight excluding hydrogens is 174 g/mol. The summed E-state index contributed by atoms with van der Waals surface area (Å²) in [5.41, 5.74) is 8.82. The standard InChI is InChI=1S/C11H19N3/c1-7(2)9-8(13-14-10(9)12)6-11(3)4-5-11/h7H,4-6H2,1-3H3,(H3,12,13,14). The quantitative estimate of drug-likeness (QED) is 0.774. The van der Waals surface area contributed by atoms with Gasteiger partial charge in [-0.1, -0.05) is 20.8 Å². The van der Waals surface area contributed by atoms with Crippen LogP contribution in [-0.2, 0) is 6.42 Å². The number of anilines is 1. The van der Waals surface area contributed by atoms with Crippen LogP contribution in [0.25, 0.3) is 0 Å². The summed E-state index contributed by atoms with van der Waals surface area (Å²) in [5.74, 6) is 1.14. The van der Waals surface area contributed by atoms with Crippen molar-refractivity contribution in [2.75, 3.05) is 5.73 Å². The smallest absolute Gasteiger partial charge is 0.148 e. The zero-order valence-corrected chi connectivity index (χ0v) is 9.22. The van der Waals surface area contributed by atoms with E-state index in [0.29, 0.717) is 17.2 Å². The summed E-state index contributed by atoms with van der Waals surface area (Å²) in [7, 11) is 0. The third-order valence-electron chi connectivity index (χ3n) is 3.20. The van der Waals surface area contributed by atoms with E-state index in [2.05, 4.69) is 31.0 Å². The average molecular weight is 193 g/mol. The number of nitrogens with two attached hydrogens (primary N) is 1. The molecule has 0 bridgehead atoms. The predicted octanol–water partition coefficient (Wildman–Crippen LogP) is 2.46. The molecule has 1 aromatic heterocycles. The second-order valence-corrected chi connectivity index (χ2v) is 5.14. The van der Waals surface area contributed by atoms with E-state index in [1.54, 1.807) is 0 Å². The number of hydrogen-bond donors (Lipinski definition) is 2. The fourth-order valence-electron chi connectivity index (χ4n) is 2.00. The molecule has 0 spiro atoms. The Labute approximate surface area is 85.1 Å². The van der Waals surface area contributed by atoms with Gasteiger partial charge in [0.2, 0.25) is 0 Å². The first-order chi connectivity index (χ1) is 6.52. The molecule has 3 N–H and O–H groups in total. The highest BCUT2D eigenvalue weighted by Crippen LogP contribution is 2.48. The van der Waals surface area contributed by atoms with Gasteiger partial charge in [0.05, 0.1) is 0 Å². The minimum absolute atomic E-state index is 0.464. The van der Waals surface area contributed by atoms with E-state index in [9.17, 15) is 0 Å². The molecule has 0 aromatic carbocycles. The largest absolute Gasteiger partial charge is 0.382 e. The molecule has 2 rings (SSSR count). The summed E-state index contributed by atoms with van der Waals surface area (Å²) in [6.07, 6.45) is 3.78. The van der Waals surface area contributed by atoms with Crippen LogP contribution < -0.4 is 5.73 Å². The van der Waals surface area contributed by atoms with E-state index < -0.39 is 0 Å². The Morgan fingerprint density at radius 1 is 1.50 bits per heavy atom. The van der Waals surface area contributed by atoms with Crippen LogP contribution in [0.5, 0.6) is 0 Å². The Kier molecular flexibility index (Phi) is 2.05. The van der Waals surface area contributed by atoms with Crippen molar-refractivity contribution in [1.82, 2.24) is 10.2 Å². The summed E-state index contributed by atoms with van der Waals surface area (Å²) >= 11 is 0. The van der Waals surface area contributed by atoms with Crippen molar-refractivity contribution >= 4 is 5.82 Å². The van der Waals surface area contributed by atoms with Gasteiger partial charge in [0, 0.05) is 11.3 Å². The summed E-state index contributed by atoms with van der Waals surface area (Å²) in [4.78, 5) is 0. The number of hydrogen-bond acceptors (Lipinski definition) is 2. The lowest BCUT2D eigenvalue weighted by atomic mass is 9.95. The lowest BCUT2D eigenvalue weighted by Crippen LogP contribution is -2.04. The van der Waals surface area contributed by atoms with Crippen LogP contribution in [0.3, 0.4) is 0 Å². The Balaban J connectivity index is 2.24. The van der Waals surface area contributed by atoms with Crippen LogP contribution in [-0.4, -0.2) is 10.2 Å². The monoisotopic (exact) mass is 193 g/mol. The Hall–Kier alpha value is -0.990. The van der Waals surface area contributed by atoms with E-state index >= 15 is 0 Å². The van der Waals surface area contributed by atoms with Gasteiger partial charge in [-0.05, 0) is 30.6 Å². The number of rotatable bonds is 3. The molecule has 1 aliphatic rings. The van der Waals surface area contributed by atoms with Crippen LogP contribution in [0.4, 0.5) is 5.82 Å². The first-order valence-electron chi connectivity index (χ1n) is 5.34. The van der Waals surface area contributed by atoms with Gasteiger partial charge in [-0.15, -0.1) is 0 Å². The molecule has 1 saturated carbocycles. The molecule has 78 valence electrons. The van der Waals surface area contributed by atoms with Crippen molar-refractivity contribution in [3.8, 4) is 0 Å². The number of nitrogens with zero attached hydrogens (tertiary/aromatic N) is 1. The molecule has 0 unspecified atom stereocenters. The second kappa shape index (κ2) is 3.01. The van der Waals surface area contributed by atoms with Crippen LogP contribution in [0.2, 0.25) is 0 Å².